The second-order valence-corrected chi connectivity index (χ2v) is 8.19. The Morgan fingerprint density at radius 3 is 2.15 bits per heavy atom. The van der Waals surface area contributed by atoms with E-state index in [1.54, 1.807) is 24.3 Å². The van der Waals surface area contributed by atoms with Crippen LogP contribution in [0.2, 0.25) is 0 Å². The highest BCUT2D eigenvalue weighted by Crippen LogP contribution is 2.32. The Morgan fingerprint density at radius 1 is 0.818 bits per heavy atom. The van der Waals surface area contributed by atoms with Crippen molar-refractivity contribution in [3.05, 3.63) is 101 Å². The van der Waals surface area contributed by atoms with Crippen molar-refractivity contribution in [2.45, 2.75) is 27.3 Å². The number of amides is 3. The van der Waals surface area contributed by atoms with E-state index in [-0.39, 0.29) is 30.0 Å². The zero-order valence-electron chi connectivity index (χ0n) is 18.8. The molecule has 0 saturated carbocycles. The molecule has 3 aromatic rings. The summed E-state index contributed by atoms with van der Waals surface area (Å²) in [5.74, 6) is -0.911. The van der Waals surface area contributed by atoms with Crippen LogP contribution >= 0.6 is 0 Å². The number of benzene rings is 3. The lowest BCUT2D eigenvalue weighted by molar-refractivity contribution is -0.137. The molecule has 0 aromatic heterocycles. The minimum absolute atomic E-state index is 0.180. The third-order valence-electron chi connectivity index (χ3n) is 5.41. The molecule has 0 bridgehead atoms. The zero-order valence-corrected chi connectivity index (χ0v) is 18.8. The number of hydrogen-bond donors (Lipinski definition) is 2. The first-order valence-electron chi connectivity index (χ1n) is 10.7. The van der Waals surface area contributed by atoms with Crippen molar-refractivity contribution in [3.8, 4) is 0 Å². The van der Waals surface area contributed by atoms with Crippen molar-refractivity contribution < 1.29 is 14.4 Å². The number of aryl methyl sites for hydroxylation is 2. The second kappa shape index (κ2) is 9.12. The molecule has 3 aromatic carbocycles. The summed E-state index contributed by atoms with van der Waals surface area (Å²) in [5, 5.41) is 5.89. The highest BCUT2D eigenvalue weighted by Gasteiger charge is 2.39. The molecule has 3 amide bonds. The Kier molecular flexibility index (Phi) is 6.09. The van der Waals surface area contributed by atoms with Gasteiger partial charge in [-0.25, -0.2) is 0 Å². The summed E-state index contributed by atoms with van der Waals surface area (Å²) in [6, 6.07) is 22.3. The van der Waals surface area contributed by atoms with Crippen LogP contribution in [0.5, 0.6) is 0 Å². The maximum atomic E-state index is 13.5. The van der Waals surface area contributed by atoms with Gasteiger partial charge >= 0.3 is 0 Å². The number of imide groups is 1. The van der Waals surface area contributed by atoms with Crippen molar-refractivity contribution in [1.29, 1.82) is 0 Å². The minimum atomic E-state index is -0.372. The van der Waals surface area contributed by atoms with Crippen LogP contribution in [0.4, 0.5) is 11.4 Å². The Labute approximate surface area is 192 Å². The summed E-state index contributed by atoms with van der Waals surface area (Å²) in [7, 11) is 0. The first-order valence-corrected chi connectivity index (χ1v) is 10.7. The lowest BCUT2D eigenvalue weighted by Crippen LogP contribution is -2.32. The van der Waals surface area contributed by atoms with Crippen LogP contribution in [0.3, 0.4) is 0 Å². The van der Waals surface area contributed by atoms with E-state index in [1.807, 2.05) is 62.4 Å². The van der Waals surface area contributed by atoms with Gasteiger partial charge < -0.3 is 10.6 Å². The molecule has 6 nitrogen and oxygen atoms in total. The molecule has 0 atom stereocenters. The molecule has 1 aliphatic heterocycles. The standard InChI is InChI=1S/C27H25N3O3/c1-17-7-9-20(10-8-17)16-30-26(32)24(21-11-13-22(14-12-21)28-19(3)31)25(27(30)33)29-23-6-4-5-18(2)15-23/h4-15,29H,16H2,1-3H3,(H,28,31). The summed E-state index contributed by atoms with van der Waals surface area (Å²) in [6.07, 6.45) is 0. The number of anilines is 2. The van der Waals surface area contributed by atoms with E-state index in [2.05, 4.69) is 10.6 Å². The van der Waals surface area contributed by atoms with Crippen LogP contribution in [0.15, 0.2) is 78.5 Å². The Bertz CT molecular complexity index is 1260. The molecule has 1 aliphatic rings. The van der Waals surface area contributed by atoms with E-state index in [0.29, 0.717) is 16.8 Å². The average Bonchev–Trinajstić information content (AvgIpc) is 3.00. The summed E-state index contributed by atoms with van der Waals surface area (Å²) in [5.41, 5.74) is 5.52. The third-order valence-corrected chi connectivity index (χ3v) is 5.41. The van der Waals surface area contributed by atoms with Crippen LogP contribution in [-0.4, -0.2) is 22.6 Å². The molecule has 2 N–H and O–H groups in total. The molecule has 0 unspecified atom stereocenters. The first-order chi connectivity index (χ1) is 15.8. The maximum absolute atomic E-state index is 13.5. The molecular weight excluding hydrogens is 414 g/mol. The zero-order chi connectivity index (χ0) is 23.5. The third kappa shape index (κ3) is 4.85. The van der Waals surface area contributed by atoms with Gasteiger partial charge in [0.15, 0.2) is 0 Å². The maximum Gasteiger partial charge on any atom is 0.278 e. The number of nitrogens with one attached hydrogen (secondary N) is 2. The number of nitrogens with zero attached hydrogens (tertiary/aromatic N) is 1. The van der Waals surface area contributed by atoms with E-state index in [1.165, 1.54) is 11.8 Å². The summed E-state index contributed by atoms with van der Waals surface area (Å²) < 4.78 is 0. The van der Waals surface area contributed by atoms with Crippen molar-refractivity contribution in [2.24, 2.45) is 0 Å². The molecule has 33 heavy (non-hydrogen) atoms. The summed E-state index contributed by atoms with van der Waals surface area (Å²) >= 11 is 0. The van der Waals surface area contributed by atoms with E-state index in [4.69, 9.17) is 0 Å². The largest absolute Gasteiger partial charge is 0.350 e. The molecule has 0 spiro atoms. The van der Waals surface area contributed by atoms with Gasteiger partial charge in [0, 0.05) is 18.3 Å². The molecule has 0 aliphatic carbocycles. The van der Waals surface area contributed by atoms with Crippen molar-refractivity contribution in [2.75, 3.05) is 10.6 Å². The fourth-order valence-corrected chi connectivity index (χ4v) is 3.77. The van der Waals surface area contributed by atoms with E-state index in [0.717, 1.165) is 22.4 Å². The van der Waals surface area contributed by atoms with E-state index in [9.17, 15) is 14.4 Å². The van der Waals surface area contributed by atoms with Gasteiger partial charge in [0.2, 0.25) is 5.91 Å². The highest BCUT2D eigenvalue weighted by atomic mass is 16.2. The fraction of sp³-hybridized carbons (Fsp3) is 0.148. The van der Waals surface area contributed by atoms with Gasteiger partial charge in [0.1, 0.15) is 5.70 Å². The summed E-state index contributed by atoms with van der Waals surface area (Å²) in [6.45, 7) is 5.57. The van der Waals surface area contributed by atoms with Crippen LogP contribution in [0, 0.1) is 13.8 Å². The molecule has 0 saturated heterocycles. The molecule has 1 heterocycles. The van der Waals surface area contributed by atoms with Crippen LogP contribution < -0.4 is 10.6 Å². The molecular formula is C27H25N3O3. The van der Waals surface area contributed by atoms with Gasteiger partial charge in [-0.2, -0.15) is 0 Å². The van der Waals surface area contributed by atoms with Gasteiger partial charge in [0.25, 0.3) is 11.8 Å². The number of carbonyl (C=O) groups excluding carboxylic acids is 3. The first kappa shape index (κ1) is 22.0. The number of hydrogen-bond acceptors (Lipinski definition) is 4. The van der Waals surface area contributed by atoms with Gasteiger partial charge in [0.05, 0.1) is 12.1 Å². The molecule has 4 rings (SSSR count). The van der Waals surface area contributed by atoms with Gasteiger partial charge in [-0.3, -0.25) is 19.3 Å². The summed E-state index contributed by atoms with van der Waals surface area (Å²) in [4.78, 5) is 39.5. The van der Waals surface area contributed by atoms with Gasteiger partial charge in [-0.05, 0) is 54.8 Å². The fourth-order valence-electron chi connectivity index (χ4n) is 3.77. The van der Waals surface area contributed by atoms with Crippen molar-refractivity contribution in [1.82, 2.24) is 4.90 Å². The van der Waals surface area contributed by atoms with Crippen LogP contribution in [-0.2, 0) is 20.9 Å². The topological polar surface area (TPSA) is 78.5 Å². The molecule has 166 valence electrons. The van der Waals surface area contributed by atoms with Crippen molar-refractivity contribution >= 4 is 34.7 Å². The minimum Gasteiger partial charge on any atom is -0.350 e. The number of carbonyl (C=O) groups is 3. The normalized spacial score (nSPS) is 13.5. The van der Waals surface area contributed by atoms with Gasteiger partial charge in [-0.1, -0.05) is 54.1 Å². The number of rotatable bonds is 6. The Balaban J connectivity index is 1.71. The second-order valence-electron chi connectivity index (χ2n) is 8.19. The SMILES string of the molecule is CC(=O)Nc1ccc(C2=C(Nc3cccc(C)c3)C(=O)N(Cc3ccc(C)cc3)C2=O)cc1. The van der Waals surface area contributed by atoms with E-state index < -0.39 is 0 Å². The average molecular weight is 440 g/mol. The Morgan fingerprint density at radius 2 is 1.52 bits per heavy atom. The van der Waals surface area contributed by atoms with Gasteiger partial charge in [-0.15, -0.1) is 0 Å². The lowest BCUT2D eigenvalue weighted by atomic mass is 10.0. The molecule has 6 heteroatoms. The monoisotopic (exact) mass is 439 g/mol. The smallest absolute Gasteiger partial charge is 0.278 e. The Hall–Kier alpha value is -4.19. The van der Waals surface area contributed by atoms with E-state index >= 15 is 0 Å². The van der Waals surface area contributed by atoms with Crippen molar-refractivity contribution in [3.63, 3.8) is 0 Å². The molecule has 0 fully saturated rings. The predicted octanol–water partition coefficient (Wildman–Crippen LogP) is 4.65. The van der Waals surface area contributed by atoms with Crippen LogP contribution in [0.1, 0.15) is 29.2 Å². The highest BCUT2D eigenvalue weighted by molar-refractivity contribution is 6.36. The predicted molar refractivity (Wildman–Crippen MR) is 129 cm³/mol. The quantitative estimate of drug-likeness (QED) is 0.548. The van der Waals surface area contributed by atoms with Crippen LogP contribution in [0.25, 0.3) is 5.57 Å². The molecule has 0 radical (unpaired) electrons. The lowest BCUT2D eigenvalue weighted by Gasteiger charge is -2.15.